The Morgan fingerprint density at radius 3 is 2.35 bits per heavy atom. The minimum Gasteiger partial charge on any atom is -0.480 e. The zero-order valence-electron chi connectivity index (χ0n) is 16.8. The third-order valence-corrected chi connectivity index (χ3v) is 5.90. The van der Waals surface area contributed by atoms with Gasteiger partial charge in [0.15, 0.2) is 0 Å². The molecular formula is C19H32N2O5. The van der Waals surface area contributed by atoms with Crippen LogP contribution in [0, 0.1) is 23.2 Å². The molecule has 2 N–H and O–H groups in total. The predicted molar refractivity (Wildman–Crippen MR) is 96.5 cm³/mol. The molecule has 2 rings (SSSR count). The molecule has 2 amide bonds. The minimum atomic E-state index is -0.975. The van der Waals surface area contributed by atoms with Gasteiger partial charge in [0.2, 0.25) is 5.91 Å². The lowest BCUT2D eigenvalue weighted by molar-refractivity contribution is -0.151. The molecule has 0 aromatic heterocycles. The Kier molecular flexibility index (Phi) is 5.32. The van der Waals surface area contributed by atoms with Crippen molar-refractivity contribution in [2.45, 2.75) is 72.6 Å². The number of carboxylic acids is 1. The van der Waals surface area contributed by atoms with Gasteiger partial charge in [0.1, 0.15) is 17.7 Å². The van der Waals surface area contributed by atoms with Crippen molar-refractivity contribution in [3.05, 3.63) is 0 Å². The second-order valence-electron chi connectivity index (χ2n) is 9.24. The average molecular weight is 368 g/mol. The van der Waals surface area contributed by atoms with Crippen LogP contribution in [0.1, 0.15) is 54.9 Å². The molecule has 0 bridgehead atoms. The third-order valence-electron chi connectivity index (χ3n) is 5.90. The van der Waals surface area contributed by atoms with Crippen LogP contribution in [0.3, 0.4) is 0 Å². The van der Waals surface area contributed by atoms with E-state index in [1.54, 1.807) is 20.8 Å². The summed E-state index contributed by atoms with van der Waals surface area (Å²) in [7, 11) is 0. The van der Waals surface area contributed by atoms with Gasteiger partial charge in [0.25, 0.3) is 0 Å². The largest absolute Gasteiger partial charge is 0.480 e. The van der Waals surface area contributed by atoms with E-state index >= 15 is 0 Å². The summed E-state index contributed by atoms with van der Waals surface area (Å²) in [6.07, 6.45) is 0.0172. The predicted octanol–water partition coefficient (Wildman–Crippen LogP) is 2.49. The van der Waals surface area contributed by atoms with Crippen molar-refractivity contribution in [3.8, 4) is 0 Å². The number of nitrogens with one attached hydrogen (secondary N) is 1. The highest BCUT2D eigenvalue weighted by molar-refractivity contribution is 5.91. The van der Waals surface area contributed by atoms with Gasteiger partial charge in [-0.1, -0.05) is 34.1 Å². The van der Waals surface area contributed by atoms with Crippen LogP contribution in [0.25, 0.3) is 0 Å². The maximum atomic E-state index is 13.1. The van der Waals surface area contributed by atoms with Crippen LogP contribution in [-0.4, -0.2) is 52.2 Å². The molecule has 2 aliphatic rings. The van der Waals surface area contributed by atoms with Crippen LogP contribution in [0.4, 0.5) is 4.79 Å². The number of carbonyl (C=O) groups is 3. The van der Waals surface area contributed by atoms with Crippen molar-refractivity contribution in [3.63, 3.8) is 0 Å². The van der Waals surface area contributed by atoms with Gasteiger partial charge in [-0.05, 0) is 38.0 Å². The van der Waals surface area contributed by atoms with Gasteiger partial charge >= 0.3 is 12.1 Å². The van der Waals surface area contributed by atoms with Crippen molar-refractivity contribution >= 4 is 18.0 Å². The van der Waals surface area contributed by atoms with E-state index in [0.29, 0.717) is 13.0 Å². The number of rotatable bonds is 5. The van der Waals surface area contributed by atoms with Gasteiger partial charge in [-0.2, -0.15) is 0 Å². The summed E-state index contributed by atoms with van der Waals surface area (Å²) < 4.78 is 5.28. The summed E-state index contributed by atoms with van der Waals surface area (Å²) in [4.78, 5) is 38.6. The quantitative estimate of drug-likeness (QED) is 0.777. The molecule has 1 aliphatic carbocycles. The number of hydrogen-bond donors (Lipinski definition) is 2. The van der Waals surface area contributed by atoms with Crippen molar-refractivity contribution < 1.29 is 24.2 Å². The van der Waals surface area contributed by atoms with Gasteiger partial charge < -0.3 is 20.1 Å². The van der Waals surface area contributed by atoms with Crippen molar-refractivity contribution in [1.29, 1.82) is 0 Å². The Hall–Kier alpha value is -1.79. The highest BCUT2D eigenvalue weighted by Crippen LogP contribution is 2.64. The summed E-state index contributed by atoms with van der Waals surface area (Å²) in [6, 6.07) is -1.62. The second-order valence-corrected chi connectivity index (χ2v) is 9.24. The van der Waals surface area contributed by atoms with Crippen molar-refractivity contribution in [2.75, 3.05) is 6.54 Å². The molecule has 0 unspecified atom stereocenters. The Balaban J connectivity index is 2.17. The number of ether oxygens (including phenoxy) is 1. The number of piperidine rings is 1. The van der Waals surface area contributed by atoms with E-state index in [9.17, 15) is 19.5 Å². The first-order valence-electron chi connectivity index (χ1n) is 9.34. The summed E-state index contributed by atoms with van der Waals surface area (Å²) in [6.45, 7) is 13.6. The van der Waals surface area contributed by atoms with Gasteiger partial charge in [-0.3, -0.25) is 4.79 Å². The van der Waals surface area contributed by atoms with Gasteiger partial charge in [-0.25, -0.2) is 9.59 Å². The molecule has 0 aromatic rings. The summed E-state index contributed by atoms with van der Waals surface area (Å²) in [5.41, 5.74) is -0.722. The SMILES string of the molecule is CC[C@H](C)[C@H](NC(=O)OC(C)(C)C)C(=O)N1C[C@H]2[C@@H]([C@H]1C(=O)O)C2(C)C. The third kappa shape index (κ3) is 3.81. The molecule has 1 aliphatic heterocycles. The second kappa shape index (κ2) is 6.74. The lowest BCUT2D eigenvalue weighted by atomic mass is 9.95. The number of aliphatic carboxylic acids is 1. The molecule has 5 atom stereocenters. The van der Waals surface area contributed by atoms with E-state index in [-0.39, 0.29) is 29.1 Å². The van der Waals surface area contributed by atoms with Gasteiger partial charge in [-0.15, -0.1) is 0 Å². The highest BCUT2D eigenvalue weighted by atomic mass is 16.6. The molecule has 1 saturated heterocycles. The zero-order valence-corrected chi connectivity index (χ0v) is 16.8. The number of amides is 2. The Morgan fingerprint density at radius 2 is 1.88 bits per heavy atom. The van der Waals surface area contributed by atoms with E-state index in [1.807, 2.05) is 27.7 Å². The van der Waals surface area contributed by atoms with Crippen molar-refractivity contribution in [1.82, 2.24) is 10.2 Å². The smallest absolute Gasteiger partial charge is 0.408 e. The number of nitrogens with zero attached hydrogens (tertiary/aromatic N) is 1. The van der Waals surface area contributed by atoms with Crippen molar-refractivity contribution in [2.24, 2.45) is 23.2 Å². The van der Waals surface area contributed by atoms with Crippen LogP contribution in [0.15, 0.2) is 0 Å². The number of alkyl carbamates (subject to hydrolysis) is 1. The number of hydrogen-bond acceptors (Lipinski definition) is 4. The topological polar surface area (TPSA) is 95.9 Å². The molecule has 148 valence electrons. The molecular weight excluding hydrogens is 336 g/mol. The standard InChI is InChI=1S/C19H32N2O5/c1-8-10(2)13(20-17(25)26-18(3,4)5)15(22)21-9-11-12(19(11,6)7)14(21)16(23)24/h10-14H,8-9H2,1-7H3,(H,20,25)(H,23,24)/t10-,11-,12-,13-,14-/m0/s1. The maximum Gasteiger partial charge on any atom is 0.408 e. The fourth-order valence-corrected chi connectivity index (χ4v) is 4.09. The molecule has 0 spiro atoms. The number of likely N-dealkylation sites (tertiary alicyclic amines) is 1. The minimum absolute atomic E-state index is 0.0249. The van der Waals surface area contributed by atoms with E-state index in [4.69, 9.17) is 4.74 Å². The Morgan fingerprint density at radius 1 is 1.31 bits per heavy atom. The monoisotopic (exact) mass is 368 g/mol. The van der Waals surface area contributed by atoms with Gasteiger partial charge in [0, 0.05) is 12.5 Å². The zero-order chi connectivity index (χ0) is 20.0. The first-order chi connectivity index (χ1) is 11.8. The lowest BCUT2D eigenvalue weighted by Gasteiger charge is -2.33. The molecule has 7 heteroatoms. The van der Waals surface area contributed by atoms with Crippen LogP contribution < -0.4 is 5.32 Å². The number of carbonyl (C=O) groups excluding carboxylic acids is 2. The molecule has 1 heterocycles. The highest BCUT2D eigenvalue weighted by Gasteiger charge is 2.69. The maximum absolute atomic E-state index is 13.1. The number of carboxylic acid groups (broad SMARTS) is 1. The normalized spacial score (nSPS) is 28.7. The summed E-state index contributed by atoms with van der Waals surface area (Å²) >= 11 is 0. The number of fused-ring (bicyclic) bond motifs is 1. The first kappa shape index (κ1) is 20.5. The molecule has 2 fully saturated rings. The molecule has 26 heavy (non-hydrogen) atoms. The summed E-state index contributed by atoms with van der Waals surface area (Å²) in [5.74, 6) is -1.26. The Labute approximate surface area is 155 Å². The molecule has 1 saturated carbocycles. The van der Waals surface area contributed by atoms with E-state index in [0.717, 1.165) is 0 Å². The lowest BCUT2D eigenvalue weighted by Crippen LogP contribution is -2.56. The fraction of sp³-hybridized carbons (Fsp3) is 0.842. The Bertz CT molecular complexity index is 595. The van der Waals surface area contributed by atoms with Crippen LogP contribution in [0.2, 0.25) is 0 Å². The van der Waals surface area contributed by atoms with Crippen LogP contribution in [-0.2, 0) is 14.3 Å². The van der Waals surface area contributed by atoms with E-state index < -0.39 is 29.7 Å². The van der Waals surface area contributed by atoms with Crippen LogP contribution >= 0.6 is 0 Å². The van der Waals surface area contributed by atoms with E-state index in [2.05, 4.69) is 5.32 Å². The van der Waals surface area contributed by atoms with Crippen LogP contribution in [0.5, 0.6) is 0 Å². The van der Waals surface area contributed by atoms with Gasteiger partial charge in [0.05, 0.1) is 0 Å². The molecule has 7 nitrogen and oxygen atoms in total. The first-order valence-corrected chi connectivity index (χ1v) is 9.34. The average Bonchev–Trinajstić information content (AvgIpc) is 2.86. The molecule has 0 radical (unpaired) electrons. The molecule has 0 aromatic carbocycles. The summed E-state index contributed by atoms with van der Waals surface area (Å²) in [5, 5.41) is 12.3. The fourth-order valence-electron chi connectivity index (χ4n) is 4.09. The van der Waals surface area contributed by atoms with E-state index in [1.165, 1.54) is 4.90 Å².